The Morgan fingerprint density at radius 2 is 2.06 bits per heavy atom. The molecule has 18 heavy (non-hydrogen) atoms. The normalized spacial score (nSPS) is 13.4. The van der Waals surface area contributed by atoms with Gasteiger partial charge in [0.05, 0.1) is 22.2 Å². The molecule has 0 bridgehead atoms. The first kappa shape index (κ1) is 15.1. The largest absolute Gasteiger partial charge is 0.396 e. The summed E-state index contributed by atoms with van der Waals surface area (Å²) >= 11 is 0. The van der Waals surface area contributed by atoms with Gasteiger partial charge in [-0.3, -0.25) is 4.21 Å². The second-order valence-corrected chi connectivity index (χ2v) is 7.87. The molecule has 0 aliphatic rings. The minimum atomic E-state index is -3.04. The van der Waals surface area contributed by atoms with Gasteiger partial charge in [0.1, 0.15) is 15.7 Å². The molecule has 102 valence electrons. The Hall–Kier alpha value is -0.950. The Kier molecular flexibility index (Phi) is 5.28. The fraction of sp³-hybridized carbons (Fsp3) is 0.455. The number of nitrogens with two attached hydrogens (primary N) is 1. The van der Waals surface area contributed by atoms with Gasteiger partial charge in [-0.05, 0) is 24.6 Å². The molecule has 0 amide bonds. The van der Waals surface area contributed by atoms with Crippen LogP contribution in [0.1, 0.15) is 13.3 Å². The Morgan fingerprint density at radius 3 is 2.61 bits per heavy atom. The topological polar surface area (TPSA) is 77.2 Å². The molecule has 1 atom stereocenters. The number of halogens is 1. The standard InChI is InChI=1S/C11H16FNO3S2/c1-2-18(15,16)7-3-6-17(14)9-4-5-11(13)10(12)8-9/h4-5,8H,2-3,6-7,13H2,1H3. The highest BCUT2D eigenvalue weighted by Gasteiger charge is 2.11. The molecule has 0 aromatic heterocycles. The number of hydrogen-bond donors (Lipinski definition) is 1. The van der Waals surface area contributed by atoms with E-state index >= 15 is 0 Å². The van der Waals surface area contributed by atoms with Gasteiger partial charge in [-0.1, -0.05) is 6.92 Å². The Morgan fingerprint density at radius 1 is 1.39 bits per heavy atom. The minimum Gasteiger partial charge on any atom is -0.396 e. The number of hydrogen-bond acceptors (Lipinski definition) is 4. The van der Waals surface area contributed by atoms with Crippen LogP contribution in [-0.4, -0.2) is 29.9 Å². The van der Waals surface area contributed by atoms with Crippen molar-refractivity contribution in [1.82, 2.24) is 0 Å². The summed E-state index contributed by atoms with van der Waals surface area (Å²) in [6, 6.07) is 3.97. The van der Waals surface area contributed by atoms with Crippen molar-refractivity contribution >= 4 is 26.3 Å². The van der Waals surface area contributed by atoms with Gasteiger partial charge >= 0.3 is 0 Å². The molecule has 7 heteroatoms. The van der Waals surface area contributed by atoms with Crippen molar-refractivity contribution in [2.75, 3.05) is 23.0 Å². The Balaban J connectivity index is 2.58. The van der Waals surface area contributed by atoms with E-state index in [1.54, 1.807) is 6.92 Å². The first-order valence-corrected chi connectivity index (χ1v) is 8.63. The van der Waals surface area contributed by atoms with E-state index in [1.165, 1.54) is 12.1 Å². The van der Waals surface area contributed by atoms with Crippen LogP contribution < -0.4 is 5.73 Å². The van der Waals surface area contributed by atoms with Gasteiger partial charge in [-0.15, -0.1) is 0 Å². The van der Waals surface area contributed by atoms with Gasteiger partial charge in [0.15, 0.2) is 0 Å². The van der Waals surface area contributed by atoms with E-state index in [1.807, 2.05) is 0 Å². The summed E-state index contributed by atoms with van der Waals surface area (Å²) in [5.41, 5.74) is 5.31. The molecule has 0 aliphatic heterocycles. The number of nitrogen functional groups attached to an aromatic ring is 1. The van der Waals surface area contributed by atoms with Crippen LogP contribution in [0.4, 0.5) is 10.1 Å². The van der Waals surface area contributed by atoms with Crippen LogP contribution in [0.5, 0.6) is 0 Å². The third-order valence-electron chi connectivity index (χ3n) is 2.46. The average molecular weight is 293 g/mol. The van der Waals surface area contributed by atoms with E-state index in [-0.39, 0.29) is 22.9 Å². The Labute approximate surface area is 109 Å². The maximum absolute atomic E-state index is 13.2. The summed E-state index contributed by atoms with van der Waals surface area (Å²) in [6.45, 7) is 1.57. The number of anilines is 1. The zero-order valence-corrected chi connectivity index (χ0v) is 11.7. The quantitative estimate of drug-likeness (QED) is 0.803. The zero-order chi connectivity index (χ0) is 13.8. The van der Waals surface area contributed by atoms with Crippen LogP contribution in [0.3, 0.4) is 0 Å². The van der Waals surface area contributed by atoms with Crippen LogP contribution in [0, 0.1) is 5.82 Å². The maximum Gasteiger partial charge on any atom is 0.150 e. The fourth-order valence-electron chi connectivity index (χ4n) is 1.32. The van der Waals surface area contributed by atoms with Gasteiger partial charge < -0.3 is 5.73 Å². The lowest BCUT2D eigenvalue weighted by molar-refractivity contribution is 0.596. The molecule has 0 radical (unpaired) electrons. The number of rotatable bonds is 6. The first-order chi connectivity index (χ1) is 8.35. The molecule has 4 nitrogen and oxygen atoms in total. The highest BCUT2D eigenvalue weighted by Crippen LogP contribution is 2.15. The van der Waals surface area contributed by atoms with Crippen molar-refractivity contribution in [2.45, 2.75) is 18.2 Å². The first-order valence-electron chi connectivity index (χ1n) is 5.49. The van der Waals surface area contributed by atoms with Crippen molar-refractivity contribution < 1.29 is 17.0 Å². The van der Waals surface area contributed by atoms with Crippen molar-refractivity contribution in [1.29, 1.82) is 0 Å². The monoisotopic (exact) mass is 293 g/mol. The average Bonchev–Trinajstić information content (AvgIpc) is 2.32. The highest BCUT2D eigenvalue weighted by molar-refractivity contribution is 7.91. The van der Waals surface area contributed by atoms with Crippen molar-refractivity contribution in [3.05, 3.63) is 24.0 Å². The van der Waals surface area contributed by atoms with E-state index in [0.717, 1.165) is 6.07 Å². The van der Waals surface area contributed by atoms with Crippen molar-refractivity contribution in [2.24, 2.45) is 0 Å². The predicted molar refractivity (Wildman–Crippen MR) is 71.0 cm³/mol. The maximum atomic E-state index is 13.2. The summed E-state index contributed by atoms with van der Waals surface area (Å²) in [4.78, 5) is 0.329. The molecule has 1 rings (SSSR count). The lowest BCUT2D eigenvalue weighted by atomic mass is 10.3. The number of benzene rings is 1. The van der Waals surface area contributed by atoms with Crippen molar-refractivity contribution in [3.8, 4) is 0 Å². The molecular formula is C11H16FNO3S2. The second kappa shape index (κ2) is 6.29. The molecule has 0 spiro atoms. The summed E-state index contributed by atoms with van der Waals surface area (Å²) < 4.78 is 47.4. The molecule has 1 unspecified atom stereocenters. The van der Waals surface area contributed by atoms with Gasteiger partial charge in [0.2, 0.25) is 0 Å². The van der Waals surface area contributed by atoms with E-state index in [0.29, 0.717) is 11.3 Å². The smallest absolute Gasteiger partial charge is 0.150 e. The summed E-state index contributed by atoms with van der Waals surface area (Å²) in [6.07, 6.45) is 0.300. The molecule has 0 aliphatic carbocycles. The van der Waals surface area contributed by atoms with Gasteiger partial charge in [0.25, 0.3) is 0 Å². The molecule has 0 fully saturated rings. The van der Waals surface area contributed by atoms with Gasteiger partial charge in [0, 0.05) is 16.4 Å². The summed E-state index contributed by atoms with van der Waals surface area (Å²) in [5, 5.41) is 0. The molecule has 2 N–H and O–H groups in total. The highest BCUT2D eigenvalue weighted by atomic mass is 32.2. The number of sulfone groups is 1. The van der Waals surface area contributed by atoms with Crippen LogP contribution in [0.2, 0.25) is 0 Å². The predicted octanol–water partition coefficient (Wildman–Crippen LogP) is 1.34. The van der Waals surface area contributed by atoms with Crippen LogP contribution in [0.15, 0.2) is 23.1 Å². The molecule has 0 saturated heterocycles. The summed E-state index contributed by atoms with van der Waals surface area (Å²) in [5.74, 6) is -0.326. The van der Waals surface area contributed by atoms with E-state index in [2.05, 4.69) is 0 Å². The fourth-order valence-corrected chi connectivity index (χ4v) is 3.47. The van der Waals surface area contributed by atoms with E-state index < -0.39 is 26.5 Å². The second-order valence-electron chi connectivity index (χ2n) is 3.82. The third-order valence-corrected chi connectivity index (χ3v) is 5.69. The van der Waals surface area contributed by atoms with Gasteiger partial charge in [-0.2, -0.15) is 0 Å². The van der Waals surface area contributed by atoms with E-state index in [9.17, 15) is 17.0 Å². The lowest BCUT2D eigenvalue weighted by Crippen LogP contribution is -2.11. The molecular weight excluding hydrogens is 277 g/mol. The van der Waals surface area contributed by atoms with Crippen molar-refractivity contribution in [3.63, 3.8) is 0 Å². The molecule has 0 saturated carbocycles. The van der Waals surface area contributed by atoms with Crippen LogP contribution >= 0.6 is 0 Å². The van der Waals surface area contributed by atoms with Crippen LogP contribution in [-0.2, 0) is 20.6 Å². The van der Waals surface area contributed by atoms with Crippen LogP contribution in [0.25, 0.3) is 0 Å². The molecule has 1 aromatic rings. The third kappa shape index (κ3) is 4.38. The molecule has 1 aromatic carbocycles. The Bertz CT molecular complexity index is 543. The molecule has 0 heterocycles. The summed E-state index contributed by atoms with van der Waals surface area (Å²) in [7, 11) is -4.44. The van der Waals surface area contributed by atoms with E-state index in [4.69, 9.17) is 5.73 Å². The SMILES string of the molecule is CCS(=O)(=O)CCCS(=O)c1ccc(N)c(F)c1. The lowest BCUT2D eigenvalue weighted by Gasteiger charge is -2.04. The van der Waals surface area contributed by atoms with Gasteiger partial charge in [-0.25, -0.2) is 12.8 Å². The minimum absolute atomic E-state index is 0.00399. The zero-order valence-electron chi connectivity index (χ0n) is 10.1.